The van der Waals surface area contributed by atoms with Crippen LogP contribution in [0.15, 0.2) is 53.9 Å². The van der Waals surface area contributed by atoms with Crippen LogP contribution in [0.3, 0.4) is 0 Å². The molecule has 0 saturated carbocycles. The normalized spacial score (nSPS) is 19.0. The fraction of sp³-hybridized carbons (Fsp3) is 0.421. The van der Waals surface area contributed by atoms with Crippen LogP contribution in [0.1, 0.15) is 38.3 Å². The Morgan fingerprint density at radius 3 is 2.60 bits per heavy atom. The third-order valence-corrected chi connectivity index (χ3v) is 5.72. The van der Waals surface area contributed by atoms with Crippen molar-refractivity contribution >= 4 is 17.8 Å². The first-order valence-electron chi connectivity index (χ1n) is 8.74. The molecular weight excluding hydrogens is 332 g/mol. The van der Waals surface area contributed by atoms with Crippen LogP contribution in [-0.4, -0.2) is 38.7 Å². The van der Waals surface area contributed by atoms with Gasteiger partial charge in [-0.3, -0.25) is 0 Å². The van der Waals surface area contributed by atoms with Crippen molar-refractivity contribution in [1.29, 1.82) is 0 Å². The summed E-state index contributed by atoms with van der Waals surface area (Å²) in [7, 11) is 0. The van der Waals surface area contributed by atoms with Crippen LogP contribution >= 0.6 is 11.8 Å². The lowest BCUT2D eigenvalue weighted by Gasteiger charge is -2.44. The molecule has 0 bridgehead atoms. The highest BCUT2D eigenvalue weighted by Crippen LogP contribution is 2.31. The topological polar surface area (TPSA) is 58.1 Å². The Labute approximate surface area is 153 Å². The van der Waals surface area contributed by atoms with Gasteiger partial charge < -0.3 is 10.2 Å². The van der Waals surface area contributed by atoms with Crippen molar-refractivity contribution in [3.8, 4) is 0 Å². The van der Waals surface area contributed by atoms with Crippen molar-refractivity contribution in [3.05, 3.63) is 54.4 Å². The molecule has 132 valence electrons. The number of nitrogens with zero attached hydrogens (tertiary/aromatic N) is 3. The van der Waals surface area contributed by atoms with E-state index in [9.17, 15) is 4.79 Å². The molecule has 2 heterocycles. The summed E-state index contributed by atoms with van der Waals surface area (Å²) in [4.78, 5) is 23.2. The van der Waals surface area contributed by atoms with E-state index in [4.69, 9.17) is 0 Å². The number of nitrogens with one attached hydrogen (secondary N) is 1. The van der Waals surface area contributed by atoms with E-state index in [0.29, 0.717) is 0 Å². The molecule has 0 aliphatic carbocycles. The third-order valence-electron chi connectivity index (χ3n) is 4.61. The van der Waals surface area contributed by atoms with Crippen LogP contribution < -0.4 is 5.32 Å². The number of likely N-dealkylation sites (tertiary alicyclic amines) is 1. The zero-order chi connectivity index (χ0) is 17.6. The molecule has 5 nitrogen and oxygen atoms in total. The quantitative estimate of drug-likeness (QED) is 0.630. The first-order chi connectivity index (χ1) is 12.2. The number of urea groups is 1. The summed E-state index contributed by atoms with van der Waals surface area (Å²) in [5.74, 6) is 0. The molecule has 25 heavy (non-hydrogen) atoms. The Morgan fingerprint density at radius 2 is 2.00 bits per heavy atom. The molecule has 1 aromatic heterocycles. The second-order valence-corrected chi connectivity index (χ2v) is 7.57. The average Bonchev–Trinajstić information content (AvgIpc) is 2.60. The van der Waals surface area contributed by atoms with Crippen molar-refractivity contribution in [2.45, 2.75) is 49.2 Å². The minimum Gasteiger partial charge on any atom is -0.331 e. The fourth-order valence-corrected chi connectivity index (χ4v) is 4.09. The maximum absolute atomic E-state index is 12.7. The van der Waals surface area contributed by atoms with Gasteiger partial charge in [-0.25, -0.2) is 14.8 Å². The van der Waals surface area contributed by atoms with E-state index in [1.54, 1.807) is 24.2 Å². The molecular formula is C19H24N4OS. The maximum atomic E-state index is 12.7. The van der Waals surface area contributed by atoms with Gasteiger partial charge in [-0.05, 0) is 24.5 Å². The molecule has 0 spiro atoms. The molecule has 3 atom stereocenters. The molecule has 1 N–H and O–H groups in total. The standard InChI is InChI=1S/C19H24N4OS/c1-3-16(15-8-5-4-6-9-15)22-19(24)23-13-10-17(23)14(2)25-18-20-11-7-12-21-18/h4-9,11-12,14,16-17H,3,10,13H2,1-2H3,(H,22,24)/t14-,16-,17?/m1/s1. The fourth-order valence-electron chi connectivity index (χ4n) is 3.08. The first-order valence-corrected chi connectivity index (χ1v) is 9.62. The van der Waals surface area contributed by atoms with Crippen LogP contribution in [-0.2, 0) is 0 Å². The number of carbonyl (C=O) groups excluding carboxylic acids is 1. The molecule has 2 amide bonds. The molecule has 1 fully saturated rings. The van der Waals surface area contributed by atoms with Gasteiger partial charge in [0, 0.05) is 30.2 Å². The van der Waals surface area contributed by atoms with Crippen molar-refractivity contribution in [2.24, 2.45) is 0 Å². The van der Waals surface area contributed by atoms with Crippen molar-refractivity contribution in [2.75, 3.05) is 6.54 Å². The number of hydrogen-bond acceptors (Lipinski definition) is 4. The molecule has 1 aromatic carbocycles. The van der Waals surface area contributed by atoms with Gasteiger partial charge in [-0.2, -0.15) is 0 Å². The van der Waals surface area contributed by atoms with Gasteiger partial charge in [0.15, 0.2) is 5.16 Å². The van der Waals surface area contributed by atoms with E-state index >= 15 is 0 Å². The molecule has 2 aromatic rings. The van der Waals surface area contributed by atoms with Crippen LogP contribution in [0.2, 0.25) is 0 Å². The number of rotatable bonds is 6. The van der Waals surface area contributed by atoms with E-state index in [1.807, 2.05) is 29.2 Å². The minimum atomic E-state index is 0.0217. The van der Waals surface area contributed by atoms with E-state index in [0.717, 1.165) is 30.1 Å². The molecule has 1 aliphatic heterocycles. The summed E-state index contributed by atoms with van der Waals surface area (Å²) in [6.07, 6.45) is 5.39. The zero-order valence-corrected chi connectivity index (χ0v) is 15.4. The number of thioether (sulfide) groups is 1. The molecule has 0 radical (unpaired) electrons. The Hall–Kier alpha value is -2.08. The molecule has 3 rings (SSSR count). The second-order valence-electron chi connectivity index (χ2n) is 6.22. The highest BCUT2D eigenvalue weighted by atomic mass is 32.2. The predicted molar refractivity (Wildman–Crippen MR) is 100 cm³/mol. The van der Waals surface area contributed by atoms with Gasteiger partial charge in [0.05, 0.1) is 6.04 Å². The highest BCUT2D eigenvalue weighted by molar-refractivity contribution is 7.99. The number of hydrogen-bond donors (Lipinski definition) is 1. The Kier molecular flexibility index (Phi) is 5.91. The SMILES string of the molecule is CC[C@@H](NC(=O)N1CCC1[C@@H](C)Sc1ncccn1)c1ccccc1. The van der Waals surface area contributed by atoms with E-state index < -0.39 is 0 Å². The largest absolute Gasteiger partial charge is 0.331 e. The number of benzene rings is 1. The Balaban J connectivity index is 1.58. The Bertz CT molecular complexity index is 682. The van der Waals surface area contributed by atoms with Crippen LogP contribution in [0.25, 0.3) is 0 Å². The summed E-state index contributed by atoms with van der Waals surface area (Å²) in [6.45, 7) is 5.04. The summed E-state index contributed by atoms with van der Waals surface area (Å²) >= 11 is 1.63. The van der Waals surface area contributed by atoms with E-state index in [2.05, 4.69) is 41.3 Å². The Morgan fingerprint density at radius 1 is 1.28 bits per heavy atom. The van der Waals surface area contributed by atoms with Crippen LogP contribution in [0, 0.1) is 0 Å². The maximum Gasteiger partial charge on any atom is 0.318 e. The molecule has 6 heteroatoms. The number of amides is 2. The summed E-state index contributed by atoms with van der Waals surface area (Å²) < 4.78 is 0. The second kappa shape index (κ2) is 8.34. The van der Waals surface area contributed by atoms with Gasteiger partial charge in [0.1, 0.15) is 0 Å². The molecule has 1 saturated heterocycles. The highest BCUT2D eigenvalue weighted by Gasteiger charge is 2.37. The van der Waals surface area contributed by atoms with Gasteiger partial charge >= 0.3 is 6.03 Å². The van der Waals surface area contributed by atoms with Gasteiger partial charge in [0.25, 0.3) is 0 Å². The van der Waals surface area contributed by atoms with E-state index in [-0.39, 0.29) is 23.4 Å². The lowest BCUT2D eigenvalue weighted by molar-refractivity contribution is 0.112. The smallest absolute Gasteiger partial charge is 0.318 e. The van der Waals surface area contributed by atoms with Gasteiger partial charge in [0.2, 0.25) is 0 Å². The van der Waals surface area contributed by atoms with Crippen molar-refractivity contribution in [3.63, 3.8) is 0 Å². The lowest BCUT2D eigenvalue weighted by atomic mass is 10.0. The zero-order valence-electron chi connectivity index (χ0n) is 14.6. The predicted octanol–water partition coefficient (Wildman–Crippen LogP) is 3.89. The molecule has 1 unspecified atom stereocenters. The summed E-state index contributed by atoms with van der Waals surface area (Å²) in [5.41, 5.74) is 1.15. The number of aromatic nitrogens is 2. The minimum absolute atomic E-state index is 0.0217. The van der Waals surface area contributed by atoms with Crippen molar-refractivity contribution in [1.82, 2.24) is 20.2 Å². The lowest BCUT2D eigenvalue weighted by Crippen LogP contribution is -2.58. The summed E-state index contributed by atoms with van der Waals surface area (Å²) in [5, 5.41) is 4.20. The monoisotopic (exact) mass is 356 g/mol. The van der Waals surface area contributed by atoms with Gasteiger partial charge in [-0.1, -0.05) is 55.9 Å². The average molecular weight is 356 g/mol. The van der Waals surface area contributed by atoms with E-state index in [1.165, 1.54) is 0 Å². The summed E-state index contributed by atoms with van der Waals surface area (Å²) in [6, 6.07) is 12.2. The molecule has 1 aliphatic rings. The third kappa shape index (κ3) is 4.31. The first kappa shape index (κ1) is 17.7. The van der Waals surface area contributed by atoms with Crippen LogP contribution in [0.4, 0.5) is 4.79 Å². The van der Waals surface area contributed by atoms with Crippen molar-refractivity contribution < 1.29 is 4.79 Å². The number of carbonyl (C=O) groups is 1. The van der Waals surface area contributed by atoms with Crippen LogP contribution in [0.5, 0.6) is 0 Å². The van der Waals surface area contributed by atoms with Gasteiger partial charge in [-0.15, -0.1) is 0 Å².